The molecule has 3 aromatic rings. The maximum Gasteiger partial charge on any atom is 0.222 e. The molecule has 1 unspecified atom stereocenters. The molecular weight excluding hydrogens is 450 g/mol. The number of nitrogens with one attached hydrogen (secondary N) is 1. The summed E-state index contributed by atoms with van der Waals surface area (Å²) in [6.45, 7) is 7.91. The van der Waals surface area contributed by atoms with Crippen LogP contribution in [-0.4, -0.2) is 64.7 Å². The van der Waals surface area contributed by atoms with Gasteiger partial charge in [0.2, 0.25) is 5.91 Å². The van der Waals surface area contributed by atoms with Gasteiger partial charge in [-0.3, -0.25) is 4.79 Å². The van der Waals surface area contributed by atoms with Crippen LogP contribution < -0.4 is 17.7 Å². The van der Waals surface area contributed by atoms with Crippen molar-refractivity contribution in [1.29, 1.82) is 0 Å². The van der Waals surface area contributed by atoms with Crippen LogP contribution in [0.4, 0.5) is 0 Å². The van der Waals surface area contributed by atoms with Gasteiger partial charge in [0, 0.05) is 6.54 Å². The smallest absolute Gasteiger partial charge is 0.222 e. The third-order valence-electron chi connectivity index (χ3n) is 5.75. The summed E-state index contributed by atoms with van der Waals surface area (Å²) in [5, 5.41) is 22.8. The topological polar surface area (TPSA) is 80.0 Å². The number of nitrogens with zero attached hydrogens (tertiary/aromatic N) is 4. The van der Waals surface area contributed by atoms with E-state index in [2.05, 4.69) is 57.4 Å². The molecule has 1 aromatic heterocycles. The molecule has 0 aliphatic rings. The Kier molecular flexibility index (Phi) is 9.08. The summed E-state index contributed by atoms with van der Waals surface area (Å²) in [5.74, 6) is 0.224. The molecule has 2 N–H and O–H groups in total. The monoisotopic (exact) mass is 487 g/mol. The molecule has 34 heavy (non-hydrogen) atoms. The van der Waals surface area contributed by atoms with Gasteiger partial charge in [-0.25, -0.2) is 0 Å². The van der Waals surface area contributed by atoms with Crippen molar-refractivity contribution in [2.45, 2.75) is 51.5 Å². The number of halogens is 1. The summed E-state index contributed by atoms with van der Waals surface area (Å²) in [4.78, 5) is 14.5. The van der Waals surface area contributed by atoms with E-state index in [1.54, 1.807) is 10.9 Å². The van der Waals surface area contributed by atoms with E-state index < -0.39 is 0 Å². The zero-order valence-corrected chi connectivity index (χ0v) is 21.9. The zero-order chi connectivity index (χ0) is 24.2. The number of hydrogen-bond donors (Lipinski definition) is 2. The molecule has 1 atom stereocenters. The Morgan fingerprint density at radius 2 is 1.68 bits per heavy atom. The molecule has 0 fully saturated rings. The molecule has 0 bridgehead atoms. The lowest BCUT2D eigenvalue weighted by atomic mass is 9.84. The van der Waals surface area contributed by atoms with Crippen LogP contribution in [0.5, 0.6) is 5.75 Å². The van der Waals surface area contributed by atoms with Crippen molar-refractivity contribution in [3.05, 3.63) is 53.6 Å². The number of aromatic nitrogens is 3. The highest BCUT2D eigenvalue weighted by atomic mass is 35.5. The fourth-order valence-electron chi connectivity index (χ4n) is 3.90. The van der Waals surface area contributed by atoms with E-state index in [-0.39, 0.29) is 41.9 Å². The third-order valence-corrected chi connectivity index (χ3v) is 5.75. The summed E-state index contributed by atoms with van der Waals surface area (Å²) < 4.78 is 0.922. The van der Waals surface area contributed by atoms with E-state index in [1.807, 2.05) is 36.4 Å². The van der Waals surface area contributed by atoms with E-state index in [0.29, 0.717) is 6.54 Å². The fraction of sp³-hybridized carbons (Fsp3) is 0.500. The summed E-state index contributed by atoms with van der Waals surface area (Å²) in [6.07, 6.45) is 2.24. The second-order valence-corrected chi connectivity index (χ2v) is 10.8. The SMILES string of the molecule is CC(C)(C)c1cc(C(CC(=O)NCCCC[N+](C)(C)C)n2nc3ccccc3n2)ccc1O.[Cl-]. The van der Waals surface area contributed by atoms with Gasteiger partial charge in [-0.1, -0.05) is 39.0 Å². The highest BCUT2D eigenvalue weighted by Gasteiger charge is 2.25. The van der Waals surface area contributed by atoms with Crippen molar-refractivity contribution in [2.75, 3.05) is 34.2 Å². The molecule has 0 spiro atoms. The van der Waals surface area contributed by atoms with Crippen molar-refractivity contribution in [3.63, 3.8) is 0 Å². The Morgan fingerprint density at radius 1 is 1.06 bits per heavy atom. The van der Waals surface area contributed by atoms with Crippen LogP contribution in [0.1, 0.15) is 57.2 Å². The second kappa shape index (κ2) is 11.2. The Morgan fingerprint density at radius 3 is 2.24 bits per heavy atom. The summed E-state index contributed by atoms with van der Waals surface area (Å²) >= 11 is 0. The van der Waals surface area contributed by atoms with Crippen LogP contribution >= 0.6 is 0 Å². The fourth-order valence-corrected chi connectivity index (χ4v) is 3.90. The van der Waals surface area contributed by atoms with Crippen molar-refractivity contribution in [1.82, 2.24) is 20.3 Å². The number of carbonyl (C=O) groups excluding carboxylic acids is 1. The maximum atomic E-state index is 12.9. The number of rotatable bonds is 9. The molecule has 0 saturated heterocycles. The minimum Gasteiger partial charge on any atom is -1.00 e. The van der Waals surface area contributed by atoms with Crippen molar-refractivity contribution in [3.8, 4) is 5.75 Å². The standard InChI is InChI=1S/C26H37N5O2.ClH/c1-26(2,3)20-17-19(13-14-24(20)32)23(30-28-21-11-7-8-12-22(21)29-30)18-25(33)27-15-9-10-16-31(4,5)6;/h7-8,11-14,17,23H,9-10,15-16,18H2,1-6H3,(H-,27,32,33);1H. The number of phenols is 1. The summed E-state index contributed by atoms with van der Waals surface area (Å²) in [5.41, 5.74) is 3.08. The number of aromatic hydroxyl groups is 1. The lowest BCUT2D eigenvalue weighted by molar-refractivity contribution is -0.870. The van der Waals surface area contributed by atoms with Crippen molar-refractivity contribution in [2.24, 2.45) is 0 Å². The Labute approximate surface area is 209 Å². The molecular formula is C26H38ClN5O2. The predicted molar refractivity (Wildman–Crippen MR) is 132 cm³/mol. The number of benzene rings is 2. The number of carbonyl (C=O) groups is 1. The Hall–Kier alpha value is -2.64. The number of amides is 1. The summed E-state index contributed by atoms with van der Waals surface area (Å²) in [7, 11) is 6.52. The first-order valence-corrected chi connectivity index (χ1v) is 11.7. The van der Waals surface area contributed by atoms with Crippen LogP contribution in [-0.2, 0) is 10.2 Å². The lowest BCUT2D eigenvalue weighted by Crippen LogP contribution is -3.00. The van der Waals surface area contributed by atoms with Crippen LogP contribution in [0.15, 0.2) is 42.5 Å². The Bertz CT molecular complexity index is 1070. The van der Waals surface area contributed by atoms with Crippen molar-refractivity contribution < 1.29 is 26.8 Å². The number of hydrogen-bond acceptors (Lipinski definition) is 4. The second-order valence-electron chi connectivity index (χ2n) is 10.8. The molecule has 2 aromatic carbocycles. The lowest BCUT2D eigenvalue weighted by Gasteiger charge is -2.24. The van der Waals surface area contributed by atoms with E-state index in [9.17, 15) is 9.90 Å². The van der Waals surface area contributed by atoms with Gasteiger partial charge >= 0.3 is 0 Å². The molecule has 1 heterocycles. The summed E-state index contributed by atoms with van der Waals surface area (Å²) in [6, 6.07) is 12.9. The molecule has 0 aliphatic heterocycles. The zero-order valence-electron chi connectivity index (χ0n) is 21.2. The largest absolute Gasteiger partial charge is 1.00 e. The van der Waals surface area contributed by atoms with Gasteiger partial charge < -0.3 is 27.3 Å². The average Bonchev–Trinajstić information content (AvgIpc) is 3.14. The first kappa shape index (κ1) is 27.6. The molecule has 3 rings (SSSR count). The molecule has 1 amide bonds. The van der Waals surface area contributed by atoms with Gasteiger partial charge in [0.25, 0.3) is 0 Å². The number of phenolic OH excluding ortho intramolecular Hbond substituents is 1. The van der Waals surface area contributed by atoms with Crippen LogP contribution in [0.3, 0.4) is 0 Å². The first-order valence-electron chi connectivity index (χ1n) is 11.7. The van der Waals surface area contributed by atoms with E-state index in [1.165, 1.54) is 0 Å². The van der Waals surface area contributed by atoms with Gasteiger partial charge in [0.1, 0.15) is 22.8 Å². The highest BCUT2D eigenvalue weighted by Crippen LogP contribution is 2.34. The predicted octanol–water partition coefficient (Wildman–Crippen LogP) is 1.02. The van der Waals surface area contributed by atoms with E-state index in [0.717, 1.165) is 46.0 Å². The van der Waals surface area contributed by atoms with E-state index >= 15 is 0 Å². The van der Waals surface area contributed by atoms with Gasteiger partial charge in [0.15, 0.2) is 0 Å². The highest BCUT2D eigenvalue weighted by molar-refractivity contribution is 5.77. The molecule has 0 radical (unpaired) electrons. The van der Waals surface area contributed by atoms with Crippen LogP contribution in [0, 0.1) is 0 Å². The normalized spacial score (nSPS) is 12.9. The third kappa shape index (κ3) is 7.43. The quantitative estimate of drug-likeness (QED) is 0.349. The number of unbranched alkanes of at least 4 members (excludes halogenated alkanes) is 1. The molecule has 7 nitrogen and oxygen atoms in total. The number of fused-ring (bicyclic) bond motifs is 1. The average molecular weight is 488 g/mol. The molecule has 0 aliphatic carbocycles. The van der Waals surface area contributed by atoms with Gasteiger partial charge in [-0.2, -0.15) is 15.0 Å². The molecule has 186 valence electrons. The van der Waals surface area contributed by atoms with Crippen LogP contribution in [0.2, 0.25) is 0 Å². The first-order chi connectivity index (χ1) is 15.4. The Balaban J connectivity index is 0.00000408. The number of quaternary nitrogens is 1. The van der Waals surface area contributed by atoms with Crippen LogP contribution in [0.25, 0.3) is 11.0 Å². The van der Waals surface area contributed by atoms with E-state index in [4.69, 9.17) is 0 Å². The van der Waals surface area contributed by atoms with Gasteiger partial charge in [-0.05, 0) is 53.6 Å². The van der Waals surface area contributed by atoms with Gasteiger partial charge in [0.05, 0.1) is 34.1 Å². The molecule has 0 saturated carbocycles. The van der Waals surface area contributed by atoms with Crippen molar-refractivity contribution >= 4 is 16.9 Å². The minimum atomic E-state index is -0.370. The molecule has 8 heteroatoms. The van der Waals surface area contributed by atoms with Gasteiger partial charge in [-0.15, -0.1) is 0 Å². The minimum absolute atomic E-state index is 0. The maximum absolute atomic E-state index is 12.9.